The number of ketones is 1. The minimum atomic E-state index is -3.21. The molecule has 0 atom stereocenters. The van der Waals surface area contributed by atoms with Crippen LogP contribution < -0.4 is 4.72 Å². The minimum Gasteiger partial charge on any atom is -0.343 e. The van der Waals surface area contributed by atoms with Crippen molar-refractivity contribution in [1.29, 1.82) is 0 Å². The Morgan fingerprint density at radius 2 is 2.17 bits per heavy atom. The number of amides is 1. The molecule has 1 heterocycles. The predicted molar refractivity (Wildman–Crippen MR) is 91.0 cm³/mol. The van der Waals surface area contributed by atoms with E-state index in [4.69, 9.17) is 11.6 Å². The highest BCUT2D eigenvalue weighted by Gasteiger charge is 2.20. The molecule has 0 aromatic heterocycles. The number of hydrogen-bond donors (Lipinski definition) is 3. The molecular formula is C15H21ClN2O4S. The molecule has 1 aliphatic heterocycles. The quantitative estimate of drug-likeness (QED) is 0.513. The van der Waals surface area contributed by atoms with E-state index in [1.807, 2.05) is 0 Å². The summed E-state index contributed by atoms with van der Waals surface area (Å²) < 4.78 is 23.1. The lowest BCUT2D eigenvalue weighted by Gasteiger charge is -2.33. The topological polar surface area (TPSA) is 89.9 Å². The molecule has 3 N–H and O–H groups in total. The van der Waals surface area contributed by atoms with Crippen molar-refractivity contribution < 1.29 is 18.7 Å². The summed E-state index contributed by atoms with van der Waals surface area (Å²) in [6.45, 7) is 3.09. The largest absolute Gasteiger partial charge is 0.343 e. The number of nitrogens with zero attached hydrogens (tertiary/aromatic N) is 1. The lowest BCUT2D eigenvalue weighted by molar-refractivity contribution is -0.127. The summed E-state index contributed by atoms with van der Waals surface area (Å²) in [6.07, 6.45) is 2.11. The first-order chi connectivity index (χ1) is 10.8. The molecule has 23 heavy (non-hydrogen) atoms. The number of hydrogen-bond acceptors (Lipinski definition) is 5. The van der Waals surface area contributed by atoms with Crippen LogP contribution in [0.5, 0.6) is 0 Å². The fourth-order valence-electron chi connectivity index (χ4n) is 2.46. The second-order valence-electron chi connectivity index (χ2n) is 5.48. The minimum absolute atomic E-state index is 0.153. The molecule has 2 rings (SSSR count). The maximum Gasteiger partial charge on any atom is 0.222 e. The van der Waals surface area contributed by atoms with Gasteiger partial charge in [0.15, 0.2) is 5.78 Å². The van der Waals surface area contributed by atoms with Gasteiger partial charge in [0.1, 0.15) is 0 Å². The molecule has 0 bridgehead atoms. The van der Waals surface area contributed by atoms with E-state index in [-0.39, 0.29) is 27.2 Å². The van der Waals surface area contributed by atoms with Gasteiger partial charge >= 0.3 is 0 Å². The number of rotatable bonds is 7. The Balaban J connectivity index is 1.92. The Morgan fingerprint density at radius 3 is 2.78 bits per heavy atom. The number of halogens is 1. The molecule has 128 valence electrons. The molecule has 1 aromatic rings. The van der Waals surface area contributed by atoms with Crippen LogP contribution in [0.3, 0.4) is 0 Å². The van der Waals surface area contributed by atoms with Crippen LogP contribution in [-0.2, 0) is 4.79 Å². The molecule has 6 nitrogen and oxygen atoms in total. The van der Waals surface area contributed by atoms with Crippen molar-refractivity contribution >= 4 is 34.1 Å². The molecule has 0 spiro atoms. The monoisotopic (exact) mass is 360 g/mol. The smallest absolute Gasteiger partial charge is 0.222 e. The van der Waals surface area contributed by atoms with Gasteiger partial charge in [-0.3, -0.25) is 18.7 Å². The molecule has 0 saturated carbocycles. The van der Waals surface area contributed by atoms with Crippen LogP contribution in [0.4, 0.5) is 0 Å². The third-order valence-electron chi connectivity index (χ3n) is 3.73. The summed E-state index contributed by atoms with van der Waals surface area (Å²) in [7, 11) is -3.21. The molecule has 1 amide bonds. The van der Waals surface area contributed by atoms with Gasteiger partial charge in [-0.1, -0.05) is 11.6 Å². The molecule has 0 radical (unpaired) electrons. The van der Waals surface area contributed by atoms with Crippen molar-refractivity contribution in [2.45, 2.75) is 31.1 Å². The van der Waals surface area contributed by atoms with Gasteiger partial charge in [-0.2, -0.15) is 0 Å². The van der Waals surface area contributed by atoms with E-state index in [1.165, 1.54) is 25.1 Å². The summed E-state index contributed by atoms with van der Waals surface area (Å²) in [5.74, 6) is -0.0833. The summed E-state index contributed by atoms with van der Waals surface area (Å²) in [5, 5.41) is 0.281. The third kappa shape index (κ3) is 4.68. The molecular weight excluding hydrogens is 340 g/mol. The van der Waals surface area contributed by atoms with E-state index in [1.54, 1.807) is 4.90 Å². The van der Waals surface area contributed by atoms with Crippen LogP contribution >= 0.6 is 22.4 Å². The van der Waals surface area contributed by atoms with Crippen molar-refractivity contribution in [3.63, 3.8) is 0 Å². The van der Waals surface area contributed by atoms with Gasteiger partial charge < -0.3 is 4.90 Å². The molecule has 1 saturated heterocycles. The van der Waals surface area contributed by atoms with E-state index in [0.29, 0.717) is 25.9 Å². The SMILES string of the molecule is CC(=O)c1cc(S(O)(O)NCCCN2CCCC2=O)ccc1Cl. The van der Waals surface area contributed by atoms with Crippen molar-refractivity contribution in [2.75, 3.05) is 19.6 Å². The van der Waals surface area contributed by atoms with Crippen molar-refractivity contribution in [3.8, 4) is 0 Å². The fourth-order valence-corrected chi connectivity index (χ4v) is 3.85. The number of nitrogens with one attached hydrogen (secondary N) is 1. The van der Waals surface area contributed by atoms with Gasteiger partial charge in [-0.05, 0) is 38.0 Å². The van der Waals surface area contributed by atoms with Crippen molar-refractivity contribution in [3.05, 3.63) is 28.8 Å². The van der Waals surface area contributed by atoms with Crippen LogP contribution in [-0.4, -0.2) is 45.3 Å². The second kappa shape index (κ2) is 7.63. The number of Topliss-reactive ketones (excluding diaryl/α,β-unsaturated/α-hetero) is 1. The van der Waals surface area contributed by atoms with E-state index in [0.717, 1.165) is 13.0 Å². The Labute approximate surface area is 142 Å². The molecule has 0 aliphatic carbocycles. The highest BCUT2D eigenvalue weighted by molar-refractivity contribution is 8.22. The van der Waals surface area contributed by atoms with E-state index in [2.05, 4.69) is 4.72 Å². The number of carbonyl (C=O) groups excluding carboxylic acids is 2. The van der Waals surface area contributed by atoms with E-state index in [9.17, 15) is 18.7 Å². The molecule has 0 unspecified atom stereocenters. The van der Waals surface area contributed by atoms with Gasteiger partial charge in [-0.25, -0.2) is 4.72 Å². The van der Waals surface area contributed by atoms with E-state index >= 15 is 0 Å². The lowest BCUT2D eigenvalue weighted by Crippen LogP contribution is -2.29. The van der Waals surface area contributed by atoms with Gasteiger partial charge in [0.25, 0.3) is 0 Å². The van der Waals surface area contributed by atoms with Crippen LogP contribution in [0.25, 0.3) is 0 Å². The van der Waals surface area contributed by atoms with E-state index < -0.39 is 10.8 Å². The maximum absolute atomic E-state index is 11.5. The van der Waals surface area contributed by atoms with Gasteiger partial charge in [0.2, 0.25) is 5.91 Å². The highest BCUT2D eigenvalue weighted by Crippen LogP contribution is 2.44. The molecule has 1 aromatic carbocycles. The molecule has 1 fully saturated rings. The first kappa shape index (κ1) is 18.2. The Kier molecular flexibility index (Phi) is 6.05. The fraction of sp³-hybridized carbons (Fsp3) is 0.467. The van der Waals surface area contributed by atoms with Gasteiger partial charge in [-0.15, -0.1) is 10.8 Å². The average molecular weight is 361 g/mol. The normalized spacial score (nSPS) is 16.0. The second-order valence-corrected chi connectivity index (χ2v) is 7.74. The van der Waals surface area contributed by atoms with Crippen LogP contribution in [0, 0.1) is 0 Å². The first-order valence-corrected chi connectivity index (χ1v) is 9.35. The first-order valence-electron chi connectivity index (χ1n) is 7.42. The zero-order valence-electron chi connectivity index (χ0n) is 12.9. The van der Waals surface area contributed by atoms with Gasteiger partial charge in [0, 0.05) is 31.6 Å². The van der Waals surface area contributed by atoms with Crippen molar-refractivity contribution in [2.24, 2.45) is 0 Å². The Morgan fingerprint density at radius 1 is 1.43 bits per heavy atom. The zero-order valence-corrected chi connectivity index (χ0v) is 14.5. The third-order valence-corrected chi connectivity index (χ3v) is 5.57. The van der Waals surface area contributed by atoms with Crippen LogP contribution in [0.2, 0.25) is 5.02 Å². The predicted octanol–water partition coefficient (Wildman–Crippen LogP) is 3.17. The Bertz CT molecular complexity index is 609. The average Bonchev–Trinajstić information content (AvgIpc) is 2.89. The highest BCUT2D eigenvalue weighted by atomic mass is 35.5. The van der Waals surface area contributed by atoms with Crippen LogP contribution in [0.1, 0.15) is 36.5 Å². The number of benzene rings is 1. The standard InChI is InChI=1S/C15H21ClN2O4S/c1-11(19)13-10-12(5-6-14(13)16)23(21,22)17-7-3-9-18-8-2-4-15(18)20/h5-6,10,17,21-22H,2-4,7-9H2,1H3. The molecule has 1 aliphatic rings. The van der Waals surface area contributed by atoms with Gasteiger partial charge in [0.05, 0.1) is 9.92 Å². The number of likely N-dealkylation sites (tertiary alicyclic amines) is 1. The zero-order chi connectivity index (χ0) is 17.0. The Hall–Kier alpha value is -1.12. The maximum atomic E-state index is 11.5. The summed E-state index contributed by atoms with van der Waals surface area (Å²) >= 11 is 5.92. The lowest BCUT2D eigenvalue weighted by atomic mass is 10.1. The summed E-state index contributed by atoms with van der Waals surface area (Å²) in [5.41, 5.74) is 0.258. The summed E-state index contributed by atoms with van der Waals surface area (Å²) in [6, 6.07) is 4.37. The summed E-state index contributed by atoms with van der Waals surface area (Å²) in [4.78, 5) is 25.0. The number of carbonyl (C=O) groups is 2. The van der Waals surface area contributed by atoms with Crippen molar-refractivity contribution in [1.82, 2.24) is 9.62 Å². The van der Waals surface area contributed by atoms with Crippen LogP contribution in [0.15, 0.2) is 23.1 Å². The molecule has 8 heteroatoms.